The molecule has 8 heterocycles. The van der Waals surface area contributed by atoms with E-state index in [1.165, 1.54) is 0 Å². The molecule has 5 fully saturated rings. The fourth-order valence-electron chi connectivity index (χ4n) is 25.3. The summed E-state index contributed by atoms with van der Waals surface area (Å²) in [6.45, 7) is 93.8. The fraction of sp³-hybridized carbons (Fsp3) is 0.921. The predicted octanol–water partition coefficient (Wildman–Crippen LogP) is 26.4. The van der Waals surface area contributed by atoms with Crippen LogP contribution >= 0.6 is 0 Å². The molecular formula is C114H218N22O5. The van der Waals surface area contributed by atoms with Gasteiger partial charge in [0.2, 0.25) is 47.6 Å². The summed E-state index contributed by atoms with van der Waals surface area (Å²) < 4.78 is 0. The van der Waals surface area contributed by atoms with Crippen LogP contribution in [0.15, 0.2) is 0 Å². The van der Waals surface area contributed by atoms with E-state index in [0.717, 1.165) is 376 Å². The van der Waals surface area contributed by atoms with E-state index in [-0.39, 0.29) is 91.4 Å². The molecule has 0 saturated carbocycles. The molecule has 1 unspecified atom stereocenters. The lowest BCUT2D eigenvalue weighted by Crippen LogP contribution is -2.64. The standard InChI is InChI=1S/C114H218N22O5/c1-35-49-62-95(90-80-105(15,16)132(137-75-44-10)106(17,18)81-90)96-115-101(128(91-82-107(19,20)133(138-76-45-11)108(21,22)83-91)71-58-60-73-130(93-86-111(27,28)135(140-78-47-13)112(29,30)87-93)103-119-97(124(63-50-36-2)64-51-37-3)117-98(120-103)125(65-52-38-4)66-53-39-5)123-102(116-96)129(92-84-109(23,24)134(139-77-46-12)110(25,26)85-92)72-59-61-74-131(94-88-113(31,32)136(141-79-48-14)114(33,34)89-94)104-121-99(126(67-54-40-6)68-55-41-7)118-100(122-104)127(69-56-42-8)70-57-43-9/h90-95H,35-89H2,1-34H3. The third-order valence-corrected chi connectivity index (χ3v) is 30.9. The van der Waals surface area contributed by atoms with Crippen LogP contribution in [0.1, 0.15) is 491 Å². The SMILES string of the molecule is CCCCC(c1nc(N(CCCCN(c2nc(N(CCCC)CCCC)nc(N(CCCC)CCCC)n2)C2CC(C)(C)N(OCCC)C(C)(C)C2)C2CC(C)(C)N(OCCC)C(C)(C)C2)nc(N(CCCCN(c2nc(N(CCCC)CCCC)nc(N(CCCC)CCCC)n2)C2CC(C)(C)N(OCCC)C(C)(C)C2)C2CC(C)(C)N(OCCC)C(C)(C)C2)n1)C1CC(C)(C)N(OCCC)C(C)(C)C1. The maximum absolute atomic E-state index is 7.01. The van der Waals surface area contributed by atoms with Crippen molar-refractivity contribution in [3.8, 4) is 0 Å². The molecule has 0 aromatic carbocycles. The fourth-order valence-corrected chi connectivity index (χ4v) is 25.3. The van der Waals surface area contributed by atoms with Crippen molar-refractivity contribution in [3.63, 3.8) is 0 Å². The number of unbranched alkanes of at least 4 members (excludes halogenated alkanes) is 11. The van der Waals surface area contributed by atoms with Gasteiger partial charge in [-0.2, -0.15) is 70.2 Å². The Hall–Kier alpha value is -4.97. The van der Waals surface area contributed by atoms with Gasteiger partial charge in [-0.3, -0.25) is 24.2 Å². The number of hydroxylamine groups is 10. The molecule has 0 spiro atoms. The summed E-state index contributed by atoms with van der Waals surface area (Å²) in [5.41, 5.74) is -3.29. The molecule has 8 rings (SSSR count). The molecular weight excluding hydrogens is 1760 g/mol. The van der Waals surface area contributed by atoms with Gasteiger partial charge in [-0.1, -0.05) is 161 Å². The van der Waals surface area contributed by atoms with Crippen LogP contribution in [0.4, 0.5) is 47.6 Å². The number of aromatic nitrogens is 9. The van der Waals surface area contributed by atoms with Crippen LogP contribution in [0.25, 0.3) is 0 Å². The molecule has 141 heavy (non-hydrogen) atoms. The second-order valence-electron chi connectivity index (χ2n) is 49.7. The highest BCUT2D eigenvalue weighted by atomic mass is 16.7. The average Bonchev–Trinajstić information content (AvgIpc) is 0.773. The minimum Gasteiger partial charge on any atom is -0.341 e. The van der Waals surface area contributed by atoms with E-state index in [4.69, 9.17) is 69.0 Å². The first-order chi connectivity index (χ1) is 66.8. The second kappa shape index (κ2) is 56.1. The number of piperidine rings is 5. The van der Waals surface area contributed by atoms with Gasteiger partial charge in [0.25, 0.3) is 0 Å². The lowest BCUT2D eigenvalue weighted by atomic mass is 9.69. The van der Waals surface area contributed by atoms with E-state index < -0.39 is 0 Å². The molecule has 0 N–H and O–H groups in total. The number of anilines is 8. The lowest BCUT2D eigenvalue weighted by Gasteiger charge is -2.56. The molecule has 27 nitrogen and oxygen atoms in total. The summed E-state index contributed by atoms with van der Waals surface area (Å²) in [5, 5.41) is 11.8. The van der Waals surface area contributed by atoms with Crippen molar-refractivity contribution in [2.45, 2.75) is 565 Å². The monoisotopic (exact) mass is 1980 g/mol. The van der Waals surface area contributed by atoms with E-state index in [1.54, 1.807) is 0 Å². The van der Waals surface area contributed by atoms with E-state index >= 15 is 0 Å². The zero-order valence-corrected chi connectivity index (χ0v) is 97.7. The van der Waals surface area contributed by atoms with Crippen molar-refractivity contribution in [1.82, 2.24) is 70.2 Å². The Labute approximate surface area is 864 Å². The van der Waals surface area contributed by atoms with Crippen LogP contribution in [0, 0.1) is 5.92 Å². The Bertz CT molecular complexity index is 3610. The third-order valence-electron chi connectivity index (χ3n) is 30.9. The molecule has 0 aliphatic carbocycles. The number of hydrogen-bond acceptors (Lipinski definition) is 27. The molecule has 3 aromatic rings. The van der Waals surface area contributed by atoms with Crippen LogP contribution < -0.4 is 39.2 Å². The van der Waals surface area contributed by atoms with Crippen molar-refractivity contribution in [2.75, 3.05) is 151 Å². The first kappa shape index (κ1) is 121. The molecule has 27 heteroatoms. The van der Waals surface area contributed by atoms with Gasteiger partial charge in [0.1, 0.15) is 5.82 Å². The zero-order valence-electron chi connectivity index (χ0n) is 97.7. The topological polar surface area (TPSA) is 204 Å². The number of hydrogen-bond donors (Lipinski definition) is 0. The van der Waals surface area contributed by atoms with Crippen LogP contribution in [-0.2, 0) is 24.2 Å². The molecule has 5 saturated heterocycles. The molecule has 5 aliphatic rings. The predicted molar refractivity (Wildman–Crippen MR) is 594 cm³/mol. The normalized spacial score (nSPS) is 20.4. The van der Waals surface area contributed by atoms with Crippen molar-refractivity contribution < 1.29 is 24.2 Å². The highest BCUT2D eigenvalue weighted by Crippen LogP contribution is 2.52. The molecule has 814 valence electrons. The lowest BCUT2D eigenvalue weighted by molar-refractivity contribution is -0.289. The van der Waals surface area contributed by atoms with Gasteiger partial charge in [-0.15, -0.1) is 0 Å². The third kappa shape index (κ3) is 33.5. The summed E-state index contributed by atoms with van der Waals surface area (Å²) in [6.07, 6.45) is 37.2. The van der Waals surface area contributed by atoms with E-state index in [1.807, 2.05) is 0 Å². The van der Waals surface area contributed by atoms with Crippen LogP contribution in [0.3, 0.4) is 0 Å². The molecule has 0 amide bonds. The first-order valence-electron chi connectivity index (χ1n) is 58.3. The molecule has 5 aliphatic heterocycles. The van der Waals surface area contributed by atoms with Crippen LogP contribution in [0.2, 0.25) is 0 Å². The molecule has 0 radical (unpaired) electrons. The highest BCUT2D eigenvalue weighted by molar-refractivity contribution is 5.50. The van der Waals surface area contributed by atoms with Gasteiger partial charge in [-0.25, -0.2) is 0 Å². The van der Waals surface area contributed by atoms with Gasteiger partial charge in [0, 0.05) is 164 Å². The van der Waals surface area contributed by atoms with Crippen molar-refractivity contribution in [2.24, 2.45) is 5.92 Å². The average molecular weight is 1980 g/mol. The maximum atomic E-state index is 7.01. The van der Waals surface area contributed by atoms with E-state index in [0.29, 0.717) is 33.0 Å². The Morgan fingerprint density at radius 3 is 0.567 bits per heavy atom. The van der Waals surface area contributed by atoms with Gasteiger partial charge < -0.3 is 39.2 Å². The summed E-state index contributed by atoms with van der Waals surface area (Å²) in [7, 11) is 0. The summed E-state index contributed by atoms with van der Waals surface area (Å²) in [6, 6.07) is 0.204. The largest absolute Gasteiger partial charge is 0.341 e. The smallest absolute Gasteiger partial charge is 0.232 e. The van der Waals surface area contributed by atoms with Gasteiger partial charge in [-0.05, 0) is 324 Å². The maximum Gasteiger partial charge on any atom is 0.232 e. The van der Waals surface area contributed by atoms with Gasteiger partial charge in [0.05, 0.1) is 33.0 Å². The van der Waals surface area contributed by atoms with E-state index in [2.05, 4.69) is 300 Å². The van der Waals surface area contributed by atoms with E-state index in [9.17, 15) is 0 Å². The Morgan fingerprint density at radius 2 is 0.383 bits per heavy atom. The van der Waals surface area contributed by atoms with Crippen LogP contribution in [0.5, 0.6) is 0 Å². The van der Waals surface area contributed by atoms with Gasteiger partial charge >= 0.3 is 0 Å². The second-order valence-corrected chi connectivity index (χ2v) is 49.7. The zero-order chi connectivity index (χ0) is 104. The molecule has 0 bridgehead atoms. The Balaban J connectivity index is 1.42. The van der Waals surface area contributed by atoms with Crippen molar-refractivity contribution in [3.05, 3.63) is 5.82 Å². The van der Waals surface area contributed by atoms with Gasteiger partial charge in [0.15, 0.2) is 0 Å². The minimum absolute atomic E-state index is 0.0156. The van der Waals surface area contributed by atoms with Crippen molar-refractivity contribution in [1.29, 1.82) is 0 Å². The summed E-state index contributed by atoms with van der Waals surface area (Å²) in [4.78, 5) is 109. The number of rotatable bonds is 66. The Morgan fingerprint density at radius 1 is 0.213 bits per heavy atom. The number of nitrogens with zero attached hydrogens (tertiary/aromatic N) is 22. The minimum atomic E-state index is -0.370. The quantitative estimate of drug-likeness (QED) is 0.0482. The highest BCUT2D eigenvalue weighted by Gasteiger charge is 2.55. The molecule has 1 atom stereocenters. The van der Waals surface area contributed by atoms with Crippen LogP contribution in [-0.4, -0.2) is 261 Å². The Kier molecular flexibility index (Phi) is 48.2. The first-order valence-corrected chi connectivity index (χ1v) is 58.3. The molecule has 3 aromatic heterocycles. The summed E-state index contributed by atoms with van der Waals surface area (Å²) in [5.74, 6) is 7.61. The summed E-state index contributed by atoms with van der Waals surface area (Å²) >= 11 is 0. The van der Waals surface area contributed by atoms with Crippen molar-refractivity contribution >= 4 is 47.6 Å².